The third kappa shape index (κ3) is 3.06. The number of carboxylic acid groups (broad SMARTS) is 1. The van der Waals surface area contributed by atoms with Gasteiger partial charge in [-0.3, -0.25) is 0 Å². The van der Waals surface area contributed by atoms with Gasteiger partial charge in [0.05, 0.1) is 6.10 Å². The molecule has 2 rings (SSSR count). The average Bonchev–Trinajstić information content (AvgIpc) is 3.04. The van der Waals surface area contributed by atoms with Crippen molar-refractivity contribution in [3.63, 3.8) is 0 Å². The van der Waals surface area contributed by atoms with Crippen LogP contribution in [-0.2, 0) is 9.53 Å². The molecule has 1 N–H and O–H groups in total. The van der Waals surface area contributed by atoms with E-state index < -0.39 is 12.0 Å². The lowest BCUT2D eigenvalue weighted by atomic mass is 10.0. The second kappa shape index (κ2) is 6.43. The van der Waals surface area contributed by atoms with Crippen molar-refractivity contribution in [2.75, 3.05) is 26.2 Å². The first-order valence-electron chi connectivity index (χ1n) is 7.44. The zero-order valence-corrected chi connectivity index (χ0v) is 12.2. The SMILES string of the molecule is CCN(CC1CCCO1)C(=O)N1CCC(C)C1C(=O)O. The highest BCUT2D eigenvalue weighted by Gasteiger charge is 2.41. The molecule has 3 unspecified atom stereocenters. The monoisotopic (exact) mass is 284 g/mol. The van der Waals surface area contributed by atoms with Gasteiger partial charge in [-0.2, -0.15) is 0 Å². The highest BCUT2D eigenvalue weighted by Crippen LogP contribution is 2.26. The summed E-state index contributed by atoms with van der Waals surface area (Å²) in [7, 11) is 0. The Kier molecular flexibility index (Phi) is 4.86. The Morgan fingerprint density at radius 3 is 2.70 bits per heavy atom. The lowest BCUT2D eigenvalue weighted by Gasteiger charge is -2.31. The Bertz CT molecular complexity index is 368. The molecule has 0 radical (unpaired) electrons. The van der Waals surface area contributed by atoms with E-state index in [0.717, 1.165) is 25.9 Å². The molecular formula is C14H24N2O4. The van der Waals surface area contributed by atoms with E-state index in [1.165, 1.54) is 4.90 Å². The molecule has 2 fully saturated rings. The number of hydrogen-bond donors (Lipinski definition) is 1. The molecule has 0 aromatic carbocycles. The maximum absolute atomic E-state index is 12.6. The molecule has 0 saturated carbocycles. The molecule has 0 aliphatic carbocycles. The van der Waals surface area contributed by atoms with Crippen LogP contribution in [0.5, 0.6) is 0 Å². The summed E-state index contributed by atoms with van der Waals surface area (Å²) in [4.78, 5) is 27.1. The smallest absolute Gasteiger partial charge is 0.326 e. The third-order valence-electron chi connectivity index (χ3n) is 4.30. The maximum Gasteiger partial charge on any atom is 0.326 e. The number of carbonyl (C=O) groups excluding carboxylic acids is 1. The van der Waals surface area contributed by atoms with Crippen LogP contribution in [0.2, 0.25) is 0 Å². The van der Waals surface area contributed by atoms with Gasteiger partial charge in [-0.25, -0.2) is 9.59 Å². The third-order valence-corrected chi connectivity index (χ3v) is 4.30. The van der Waals surface area contributed by atoms with E-state index in [0.29, 0.717) is 19.6 Å². The van der Waals surface area contributed by atoms with E-state index in [1.54, 1.807) is 4.90 Å². The molecule has 0 bridgehead atoms. The van der Waals surface area contributed by atoms with Crippen LogP contribution in [-0.4, -0.2) is 65.3 Å². The second-order valence-electron chi connectivity index (χ2n) is 5.70. The summed E-state index contributed by atoms with van der Waals surface area (Å²) >= 11 is 0. The molecule has 3 atom stereocenters. The van der Waals surface area contributed by atoms with Gasteiger partial charge in [0, 0.05) is 26.2 Å². The first-order valence-corrected chi connectivity index (χ1v) is 7.44. The molecule has 2 saturated heterocycles. The normalized spacial score (nSPS) is 29.7. The van der Waals surface area contributed by atoms with Crippen LogP contribution in [0.15, 0.2) is 0 Å². The van der Waals surface area contributed by atoms with Gasteiger partial charge in [0.2, 0.25) is 0 Å². The number of nitrogens with zero attached hydrogens (tertiary/aromatic N) is 2. The number of ether oxygens (including phenoxy) is 1. The Morgan fingerprint density at radius 2 is 2.15 bits per heavy atom. The van der Waals surface area contributed by atoms with Gasteiger partial charge in [-0.15, -0.1) is 0 Å². The first kappa shape index (κ1) is 15.1. The topological polar surface area (TPSA) is 70.1 Å². The van der Waals surface area contributed by atoms with Crippen molar-refractivity contribution >= 4 is 12.0 Å². The van der Waals surface area contributed by atoms with Gasteiger partial charge in [-0.1, -0.05) is 6.92 Å². The number of likely N-dealkylation sites (N-methyl/N-ethyl adjacent to an activating group) is 1. The number of rotatable bonds is 4. The number of amides is 2. The zero-order valence-electron chi connectivity index (χ0n) is 12.2. The number of hydrogen-bond acceptors (Lipinski definition) is 3. The molecule has 0 spiro atoms. The van der Waals surface area contributed by atoms with Crippen LogP contribution in [0.25, 0.3) is 0 Å². The summed E-state index contributed by atoms with van der Waals surface area (Å²) < 4.78 is 5.56. The van der Waals surface area contributed by atoms with Crippen LogP contribution >= 0.6 is 0 Å². The molecule has 0 aromatic rings. The molecule has 6 nitrogen and oxygen atoms in total. The standard InChI is InChI=1S/C14H24N2O4/c1-3-15(9-11-5-4-8-20-11)14(19)16-7-6-10(2)12(16)13(17)18/h10-12H,3-9H2,1-2H3,(H,17,18). The predicted molar refractivity (Wildman–Crippen MR) is 73.5 cm³/mol. The van der Waals surface area contributed by atoms with Gasteiger partial charge >= 0.3 is 12.0 Å². The highest BCUT2D eigenvalue weighted by atomic mass is 16.5. The number of aliphatic carboxylic acids is 1. The van der Waals surface area contributed by atoms with E-state index in [1.807, 2.05) is 13.8 Å². The van der Waals surface area contributed by atoms with Crippen LogP contribution in [0.4, 0.5) is 4.79 Å². The van der Waals surface area contributed by atoms with E-state index in [9.17, 15) is 14.7 Å². The van der Waals surface area contributed by atoms with Crippen molar-refractivity contribution in [1.29, 1.82) is 0 Å². The van der Waals surface area contributed by atoms with Crippen LogP contribution in [0, 0.1) is 5.92 Å². The van der Waals surface area contributed by atoms with E-state index in [4.69, 9.17) is 4.74 Å². The molecular weight excluding hydrogens is 260 g/mol. The van der Waals surface area contributed by atoms with Gasteiger partial charge < -0.3 is 19.6 Å². The summed E-state index contributed by atoms with van der Waals surface area (Å²) in [6, 6.07) is -0.860. The Balaban J connectivity index is 2.01. The minimum Gasteiger partial charge on any atom is -0.480 e. The van der Waals surface area contributed by atoms with E-state index in [2.05, 4.69) is 0 Å². The minimum atomic E-state index is -0.906. The van der Waals surface area contributed by atoms with Crippen LogP contribution in [0.1, 0.15) is 33.1 Å². The van der Waals surface area contributed by atoms with Crippen LogP contribution < -0.4 is 0 Å². The Morgan fingerprint density at radius 1 is 1.40 bits per heavy atom. The Labute approximate surface area is 119 Å². The van der Waals surface area contributed by atoms with Crippen molar-refractivity contribution in [3.05, 3.63) is 0 Å². The fourth-order valence-corrected chi connectivity index (χ4v) is 3.10. The van der Waals surface area contributed by atoms with Crippen LogP contribution in [0.3, 0.4) is 0 Å². The number of carbonyl (C=O) groups is 2. The molecule has 2 aliphatic rings. The van der Waals surface area contributed by atoms with Gasteiger partial charge in [0.15, 0.2) is 0 Å². The summed E-state index contributed by atoms with van der Waals surface area (Å²) in [6.45, 7) is 6.24. The van der Waals surface area contributed by atoms with Crippen molar-refractivity contribution in [2.24, 2.45) is 5.92 Å². The maximum atomic E-state index is 12.6. The van der Waals surface area contributed by atoms with E-state index >= 15 is 0 Å². The van der Waals surface area contributed by atoms with Gasteiger partial charge in [0.25, 0.3) is 0 Å². The molecule has 6 heteroatoms. The summed E-state index contributed by atoms with van der Waals surface area (Å²) in [6.07, 6.45) is 2.86. The predicted octanol–water partition coefficient (Wildman–Crippen LogP) is 1.40. The van der Waals surface area contributed by atoms with Crippen molar-refractivity contribution in [2.45, 2.75) is 45.3 Å². The van der Waals surface area contributed by atoms with Gasteiger partial charge in [-0.05, 0) is 32.1 Å². The fraction of sp³-hybridized carbons (Fsp3) is 0.857. The van der Waals surface area contributed by atoms with Crippen molar-refractivity contribution in [1.82, 2.24) is 9.80 Å². The fourth-order valence-electron chi connectivity index (χ4n) is 3.10. The number of carboxylic acids is 1. The zero-order chi connectivity index (χ0) is 14.7. The van der Waals surface area contributed by atoms with Gasteiger partial charge in [0.1, 0.15) is 6.04 Å². The van der Waals surface area contributed by atoms with Crippen molar-refractivity contribution < 1.29 is 19.4 Å². The first-order chi connectivity index (χ1) is 9.54. The summed E-state index contributed by atoms with van der Waals surface area (Å²) in [5.41, 5.74) is 0. The lowest BCUT2D eigenvalue weighted by molar-refractivity contribution is -0.142. The molecule has 2 amide bonds. The molecule has 2 aliphatic heterocycles. The van der Waals surface area contributed by atoms with E-state index in [-0.39, 0.29) is 18.1 Å². The Hall–Kier alpha value is -1.30. The summed E-state index contributed by atoms with van der Waals surface area (Å²) in [5.74, 6) is -0.894. The lowest BCUT2D eigenvalue weighted by Crippen LogP contribution is -2.50. The largest absolute Gasteiger partial charge is 0.480 e. The molecule has 20 heavy (non-hydrogen) atoms. The molecule has 2 heterocycles. The number of urea groups is 1. The second-order valence-corrected chi connectivity index (χ2v) is 5.70. The number of likely N-dealkylation sites (tertiary alicyclic amines) is 1. The average molecular weight is 284 g/mol. The van der Waals surface area contributed by atoms with Crippen molar-refractivity contribution in [3.8, 4) is 0 Å². The molecule has 114 valence electrons. The highest BCUT2D eigenvalue weighted by molar-refractivity contribution is 5.83. The quantitative estimate of drug-likeness (QED) is 0.847. The minimum absolute atomic E-state index is 0.0119. The molecule has 0 aromatic heterocycles. The summed E-state index contributed by atoms with van der Waals surface area (Å²) in [5, 5.41) is 9.30.